The predicted octanol–water partition coefficient (Wildman–Crippen LogP) is 12.5. The number of rotatable bonds is 11. The van der Waals surface area contributed by atoms with Crippen LogP contribution >= 0.6 is 0 Å². The van der Waals surface area contributed by atoms with Gasteiger partial charge in [0.15, 0.2) is 11.6 Å². The van der Waals surface area contributed by atoms with E-state index in [9.17, 15) is 17.6 Å². The van der Waals surface area contributed by atoms with E-state index < -0.39 is 35.8 Å². The lowest BCUT2D eigenvalue weighted by molar-refractivity contribution is -0.275. The molecule has 46 heavy (non-hydrogen) atoms. The van der Waals surface area contributed by atoms with E-state index in [1.165, 1.54) is 69.6 Å². The summed E-state index contributed by atoms with van der Waals surface area (Å²) in [6.07, 6.45) is 6.57. The first-order valence-electron chi connectivity index (χ1n) is 17.3. The number of alkyl halides is 5. The Morgan fingerprint density at radius 2 is 1.28 bits per heavy atom. The highest BCUT2D eigenvalue weighted by Gasteiger charge is 2.45. The van der Waals surface area contributed by atoms with Crippen LogP contribution in [0.5, 0.6) is 11.5 Å². The maximum absolute atomic E-state index is 15.3. The third-order valence-corrected chi connectivity index (χ3v) is 11.1. The van der Waals surface area contributed by atoms with Crippen LogP contribution in [0, 0.1) is 35.3 Å². The smallest absolute Gasteiger partial charge is 0.432 e. The van der Waals surface area contributed by atoms with Crippen LogP contribution in [0.25, 0.3) is 0 Å². The molecule has 3 aliphatic carbocycles. The molecule has 5 rings (SSSR count). The van der Waals surface area contributed by atoms with Gasteiger partial charge in [0.1, 0.15) is 11.6 Å². The molecule has 0 aliphatic heterocycles. The summed E-state index contributed by atoms with van der Waals surface area (Å²) < 4.78 is 106. The zero-order valence-electron chi connectivity index (χ0n) is 26.7. The van der Waals surface area contributed by atoms with Crippen molar-refractivity contribution in [2.75, 3.05) is 0 Å². The van der Waals surface area contributed by atoms with E-state index in [1.54, 1.807) is 0 Å². The summed E-state index contributed by atoms with van der Waals surface area (Å²) in [6.45, 7) is 2.23. The fraction of sp³-hybridized carbons (Fsp3) is 0.676. The van der Waals surface area contributed by atoms with Gasteiger partial charge in [0.25, 0.3) is 0 Å². The van der Waals surface area contributed by atoms with Gasteiger partial charge in [-0.2, -0.15) is 8.78 Å². The highest BCUT2D eigenvalue weighted by atomic mass is 19.4. The lowest BCUT2D eigenvalue weighted by Crippen LogP contribution is -2.38. The van der Waals surface area contributed by atoms with Crippen LogP contribution in [-0.2, 0) is 0 Å². The van der Waals surface area contributed by atoms with Crippen LogP contribution in [0.1, 0.15) is 133 Å². The molecule has 0 amide bonds. The van der Waals surface area contributed by atoms with E-state index >= 15 is 13.2 Å². The topological polar surface area (TPSA) is 18.5 Å². The second-order valence-electron chi connectivity index (χ2n) is 14.0. The van der Waals surface area contributed by atoms with Crippen molar-refractivity contribution in [1.82, 2.24) is 0 Å². The first-order valence-corrected chi connectivity index (χ1v) is 17.3. The summed E-state index contributed by atoms with van der Waals surface area (Å²) >= 11 is 0. The standard InChI is InChI=1S/C37H47F7O2/c1-2-3-4-5-24-6-8-25(9-7-24)26-14-17-30(18-15-26)36(40,41)45-31-19-20-32(33(38)23-31)28-12-10-27(11-13-28)29-16-21-35(34(39)22-29)46-37(42,43)44/h16,19-28,30H,2-15,17-18H2,1H3. The van der Waals surface area contributed by atoms with Crippen molar-refractivity contribution in [1.29, 1.82) is 0 Å². The van der Waals surface area contributed by atoms with Gasteiger partial charge in [-0.3, -0.25) is 0 Å². The summed E-state index contributed by atoms with van der Waals surface area (Å²) in [5, 5.41) is 0. The Balaban J connectivity index is 1.08. The number of ether oxygens (including phenoxy) is 2. The van der Waals surface area contributed by atoms with E-state index in [0.29, 0.717) is 61.5 Å². The van der Waals surface area contributed by atoms with Crippen molar-refractivity contribution in [3.05, 3.63) is 59.2 Å². The molecule has 2 nitrogen and oxygen atoms in total. The van der Waals surface area contributed by atoms with Gasteiger partial charge in [0.05, 0.1) is 5.92 Å². The Morgan fingerprint density at radius 1 is 0.652 bits per heavy atom. The Labute approximate surface area is 268 Å². The third kappa shape index (κ3) is 9.12. The molecule has 3 aliphatic rings. The molecule has 2 aromatic rings. The fourth-order valence-electron chi connectivity index (χ4n) is 8.42. The molecule has 2 aromatic carbocycles. The van der Waals surface area contributed by atoms with E-state index in [0.717, 1.165) is 37.0 Å². The highest BCUT2D eigenvalue weighted by molar-refractivity contribution is 5.34. The molecule has 0 aromatic heterocycles. The summed E-state index contributed by atoms with van der Waals surface area (Å²) in [5.74, 6) is -1.86. The molecule has 3 saturated carbocycles. The quantitative estimate of drug-likeness (QED) is 0.177. The van der Waals surface area contributed by atoms with Crippen LogP contribution in [0.3, 0.4) is 0 Å². The molecular weight excluding hydrogens is 609 g/mol. The molecule has 0 bridgehead atoms. The summed E-state index contributed by atoms with van der Waals surface area (Å²) in [4.78, 5) is 0. The molecule has 0 radical (unpaired) electrons. The molecule has 256 valence electrons. The zero-order chi connectivity index (χ0) is 32.9. The monoisotopic (exact) mass is 656 g/mol. The zero-order valence-corrected chi connectivity index (χ0v) is 26.7. The van der Waals surface area contributed by atoms with Crippen molar-refractivity contribution in [3.63, 3.8) is 0 Å². The first kappa shape index (κ1) is 34.9. The van der Waals surface area contributed by atoms with Gasteiger partial charge in [0.2, 0.25) is 0 Å². The number of hydrogen-bond donors (Lipinski definition) is 0. The predicted molar refractivity (Wildman–Crippen MR) is 164 cm³/mol. The molecule has 0 atom stereocenters. The second-order valence-corrected chi connectivity index (χ2v) is 14.0. The molecule has 3 fully saturated rings. The largest absolute Gasteiger partial charge is 0.573 e. The normalized spacial score (nSPS) is 27.7. The Morgan fingerprint density at radius 3 is 1.87 bits per heavy atom. The maximum atomic E-state index is 15.3. The van der Waals surface area contributed by atoms with Crippen molar-refractivity contribution in [2.24, 2.45) is 23.7 Å². The van der Waals surface area contributed by atoms with Crippen LogP contribution in [-0.4, -0.2) is 12.5 Å². The lowest BCUT2D eigenvalue weighted by atomic mass is 9.68. The molecule has 0 saturated heterocycles. The van der Waals surface area contributed by atoms with Gasteiger partial charge in [-0.15, -0.1) is 13.2 Å². The molecular formula is C37H47F7O2. The average molecular weight is 657 g/mol. The summed E-state index contributed by atoms with van der Waals surface area (Å²) in [6, 6.07) is 7.45. The Kier molecular flexibility index (Phi) is 11.5. The molecule has 0 spiro atoms. The summed E-state index contributed by atoms with van der Waals surface area (Å²) in [7, 11) is 0. The van der Waals surface area contributed by atoms with Crippen molar-refractivity contribution >= 4 is 0 Å². The minimum Gasteiger partial charge on any atom is -0.432 e. The minimum atomic E-state index is -4.98. The minimum absolute atomic E-state index is 0.0873. The summed E-state index contributed by atoms with van der Waals surface area (Å²) in [5.41, 5.74) is 0.992. The first-order chi connectivity index (χ1) is 21.9. The van der Waals surface area contributed by atoms with Gasteiger partial charge < -0.3 is 9.47 Å². The van der Waals surface area contributed by atoms with Crippen LogP contribution in [0.2, 0.25) is 0 Å². The van der Waals surface area contributed by atoms with E-state index in [1.807, 2.05) is 0 Å². The lowest BCUT2D eigenvalue weighted by Gasteiger charge is -2.39. The number of benzene rings is 2. The SMILES string of the molecule is CCCCCC1CCC(C2CCC(C(F)(F)Oc3ccc(C4CCC(c5ccc(OC(F)(F)F)c(F)c5)CC4)c(F)c3)CC2)CC1. The maximum Gasteiger partial charge on any atom is 0.573 e. The van der Waals surface area contributed by atoms with Crippen LogP contribution < -0.4 is 9.47 Å². The van der Waals surface area contributed by atoms with Gasteiger partial charge in [-0.25, -0.2) is 8.78 Å². The van der Waals surface area contributed by atoms with Gasteiger partial charge >= 0.3 is 12.5 Å². The van der Waals surface area contributed by atoms with E-state index in [4.69, 9.17) is 4.74 Å². The molecule has 0 unspecified atom stereocenters. The second kappa shape index (κ2) is 15.2. The van der Waals surface area contributed by atoms with Crippen molar-refractivity contribution in [2.45, 2.75) is 134 Å². The number of unbranched alkanes of at least 4 members (excludes halogenated alkanes) is 2. The van der Waals surface area contributed by atoms with E-state index in [2.05, 4.69) is 11.7 Å². The van der Waals surface area contributed by atoms with Gasteiger partial charge in [0, 0.05) is 6.07 Å². The van der Waals surface area contributed by atoms with Crippen molar-refractivity contribution in [3.8, 4) is 11.5 Å². The van der Waals surface area contributed by atoms with Gasteiger partial charge in [-0.05, 0) is 123 Å². The Hall–Kier alpha value is -2.45. The average Bonchev–Trinajstić information content (AvgIpc) is 3.02. The van der Waals surface area contributed by atoms with Crippen LogP contribution in [0.4, 0.5) is 30.7 Å². The Bertz CT molecular complexity index is 1250. The van der Waals surface area contributed by atoms with Crippen LogP contribution in [0.15, 0.2) is 36.4 Å². The van der Waals surface area contributed by atoms with Gasteiger partial charge in [-0.1, -0.05) is 57.6 Å². The number of hydrogen-bond acceptors (Lipinski definition) is 2. The molecule has 9 heteroatoms. The van der Waals surface area contributed by atoms with Crippen molar-refractivity contribution < 1.29 is 40.2 Å². The fourth-order valence-corrected chi connectivity index (χ4v) is 8.42. The molecule has 0 N–H and O–H groups in total. The van der Waals surface area contributed by atoms with E-state index in [-0.39, 0.29) is 17.6 Å². The molecule has 0 heterocycles. The third-order valence-electron chi connectivity index (χ3n) is 11.1. The number of halogens is 7. The highest BCUT2D eigenvalue weighted by Crippen LogP contribution is 2.47.